The third-order valence-corrected chi connectivity index (χ3v) is 5.37. The summed E-state index contributed by atoms with van der Waals surface area (Å²) < 4.78 is 0. The van der Waals surface area contributed by atoms with Gasteiger partial charge in [-0.2, -0.15) is 11.8 Å². The van der Waals surface area contributed by atoms with E-state index in [9.17, 15) is 0 Å². The van der Waals surface area contributed by atoms with E-state index in [1.807, 2.05) is 0 Å². The molecule has 2 heteroatoms. The van der Waals surface area contributed by atoms with Crippen LogP contribution in [0.1, 0.15) is 58.3 Å². The normalized spacial score (nSPS) is 23.7. The highest BCUT2D eigenvalue weighted by atomic mass is 32.2. The van der Waals surface area contributed by atoms with Crippen LogP contribution in [0.25, 0.3) is 0 Å². The predicted molar refractivity (Wildman–Crippen MR) is 83.3 cm³/mol. The summed E-state index contributed by atoms with van der Waals surface area (Å²) in [5.41, 5.74) is 1.73. The minimum Gasteiger partial charge on any atom is -0.310 e. The Morgan fingerprint density at radius 2 is 2.17 bits per heavy atom. The van der Waals surface area contributed by atoms with Gasteiger partial charge in [0.25, 0.3) is 0 Å². The Morgan fingerprint density at radius 3 is 2.83 bits per heavy atom. The lowest BCUT2D eigenvalue weighted by atomic mass is 9.86. The maximum Gasteiger partial charge on any atom is 0.0282 e. The Morgan fingerprint density at radius 1 is 1.33 bits per heavy atom. The fourth-order valence-corrected chi connectivity index (χ4v) is 4.38. The van der Waals surface area contributed by atoms with Crippen molar-refractivity contribution in [2.75, 3.05) is 18.1 Å². The van der Waals surface area contributed by atoms with Crippen LogP contribution in [0.5, 0.6) is 0 Å². The van der Waals surface area contributed by atoms with Crippen LogP contribution in [0.4, 0.5) is 0 Å². The van der Waals surface area contributed by atoms with E-state index < -0.39 is 0 Å². The van der Waals surface area contributed by atoms with E-state index in [1.165, 1.54) is 69.4 Å². The Hall–Kier alpha value is 0.0500. The molecule has 1 saturated heterocycles. The molecule has 1 aliphatic carbocycles. The number of hydrogen-bond donors (Lipinski definition) is 1. The van der Waals surface area contributed by atoms with Gasteiger partial charge >= 0.3 is 0 Å². The third-order valence-electron chi connectivity index (χ3n) is 4.32. The summed E-state index contributed by atoms with van der Waals surface area (Å²) in [6, 6.07) is 0.693. The lowest BCUT2D eigenvalue weighted by molar-refractivity contribution is 0.381. The van der Waals surface area contributed by atoms with Gasteiger partial charge in [0.05, 0.1) is 0 Å². The SMILES string of the molecule is CCCNC(CC1CCSCC1)C1=CCCCC1. The molecule has 1 unspecified atom stereocenters. The van der Waals surface area contributed by atoms with Gasteiger partial charge in [-0.05, 0) is 75.3 Å². The van der Waals surface area contributed by atoms with Crippen LogP contribution in [-0.2, 0) is 0 Å². The predicted octanol–water partition coefficient (Wildman–Crippen LogP) is 4.39. The van der Waals surface area contributed by atoms with Gasteiger partial charge in [-0.25, -0.2) is 0 Å². The molecule has 0 radical (unpaired) electrons. The molecular weight excluding hydrogens is 238 g/mol. The zero-order valence-corrected chi connectivity index (χ0v) is 12.7. The largest absolute Gasteiger partial charge is 0.310 e. The fourth-order valence-electron chi connectivity index (χ4n) is 3.18. The van der Waals surface area contributed by atoms with E-state index in [2.05, 4.69) is 30.1 Å². The quantitative estimate of drug-likeness (QED) is 0.716. The molecule has 0 amide bonds. The molecule has 2 rings (SSSR count). The molecule has 1 atom stereocenters. The molecule has 0 spiro atoms. The van der Waals surface area contributed by atoms with Crippen molar-refractivity contribution >= 4 is 11.8 Å². The van der Waals surface area contributed by atoms with E-state index in [0.717, 1.165) is 5.92 Å². The van der Waals surface area contributed by atoms with Crippen molar-refractivity contribution in [1.82, 2.24) is 5.32 Å². The van der Waals surface area contributed by atoms with Gasteiger partial charge in [0.15, 0.2) is 0 Å². The Bertz CT molecular complexity index is 256. The summed E-state index contributed by atoms with van der Waals surface area (Å²) >= 11 is 2.14. The molecule has 1 aliphatic heterocycles. The summed E-state index contributed by atoms with van der Waals surface area (Å²) in [4.78, 5) is 0. The third kappa shape index (κ3) is 4.62. The van der Waals surface area contributed by atoms with Gasteiger partial charge in [-0.1, -0.05) is 18.6 Å². The average molecular weight is 267 g/mol. The van der Waals surface area contributed by atoms with Crippen LogP contribution in [0.3, 0.4) is 0 Å². The first-order valence-corrected chi connectivity index (χ1v) is 9.05. The molecular formula is C16H29NS. The Balaban J connectivity index is 1.88. The zero-order valence-electron chi connectivity index (χ0n) is 11.9. The molecule has 1 nitrogen and oxygen atoms in total. The number of rotatable bonds is 6. The Labute approximate surface area is 117 Å². The van der Waals surface area contributed by atoms with Crippen LogP contribution in [0.15, 0.2) is 11.6 Å². The first kappa shape index (κ1) is 14.5. The van der Waals surface area contributed by atoms with E-state index >= 15 is 0 Å². The molecule has 0 saturated carbocycles. The van der Waals surface area contributed by atoms with E-state index in [0.29, 0.717) is 6.04 Å². The lowest BCUT2D eigenvalue weighted by Crippen LogP contribution is -2.35. The van der Waals surface area contributed by atoms with Crippen LogP contribution in [0, 0.1) is 5.92 Å². The van der Waals surface area contributed by atoms with Crippen molar-refractivity contribution in [3.63, 3.8) is 0 Å². The molecule has 0 bridgehead atoms. The standard InChI is InChI=1S/C16H29NS/c1-2-10-17-16(15-6-4-3-5-7-15)13-14-8-11-18-12-9-14/h6,14,16-17H,2-5,7-13H2,1H3. The van der Waals surface area contributed by atoms with Gasteiger partial charge in [0.2, 0.25) is 0 Å². The summed E-state index contributed by atoms with van der Waals surface area (Å²) in [7, 11) is 0. The number of nitrogens with one attached hydrogen (secondary N) is 1. The minimum atomic E-state index is 0.693. The van der Waals surface area contributed by atoms with Crippen LogP contribution >= 0.6 is 11.8 Å². The molecule has 18 heavy (non-hydrogen) atoms. The molecule has 104 valence electrons. The summed E-state index contributed by atoms with van der Waals surface area (Å²) in [5, 5.41) is 3.81. The average Bonchev–Trinajstić information content (AvgIpc) is 2.45. The van der Waals surface area contributed by atoms with Gasteiger partial charge in [-0.3, -0.25) is 0 Å². The maximum atomic E-state index is 3.81. The highest BCUT2D eigenvalue weighted by Gasteiger charge is 2.22. The first-order valence-electron chi connectivity index (χ1n) is 7.90. The van der Waals surface area contributed by atoms with Gasteiger partial charge in [0, 0.05) is 6.04 Å². The van der Waals surface area contributed by atoms with E-state index in [4.69, 9.17) is 0 Å². The van der Waals surface area contributed by atoms with Crippen LogP contribution < -0.4 is 5.32 Å². The first-order chi connectivity index (χ1) is 8.90. The molecule has 1 N–H and O–H groups in total. The van der Waals surface area contributed by atoms with E-state index in [1.54, 1.807) is 5.57 Å². The zero-order chi connectivity index (χ0) is 12.6. The fraction of sp³-hybridized carbons (Fsp3) is 0.875. The smallest absolute Gasteiger partial charge is 0.0282 e. The van der Waals surface area contributed by atoms with Crippen molar-refractivity contribution in [2.45, 2.75) is 64.3 Å². The summed E-state index contributed by atoms with van der Waals surface area (Å²) in [5.74, 6) is 3.76. The van der Waals surface area contributed by atoms with E-state index in [-0.39, 0.29) is 0 Å². The van der Waals surface area contributed by atoms with Crippen molar-refractivity contribution in [3.05, 3.63) is 11.6 Å². The molecule has 2 aliphatic rings. The van der Waals surface area contributed by atoms with Gasteiger partial charge < -0.3 is 5.32 Å². The summed E-state index contributed by atoms with van der Waals surface area (Å²) in [6.07, 6.45) is 13.6. The van der Waals surface area contributed by atoms with Gasteiger partial charge in [-0.15, -0.1) is 0 Å². The second kappa shape index (κ2) is 8.27. The Kier molecular flexibility index (Phi) is 6.64. The highest BCUT2D eigenvalue weighted by Crippen LogP contribution is 2.30. The van der Waals surface area contributed by atoms with Gasteiger partial charge in [0.1, 0.15) is 0 Å². The number of thioether (sulfide) groups is 1. The highest BCUT2D eigenvalue weighted by molar-refractivity contribution is 7.99. The maximum absolute atomic E-state index is 3.81. The van der Waals surface area contributed by atoms with Crippen LogP contribution in [-0.4, -0.2) is 24.1 Å². The minimum absolute atomic E-state index is 0.693. The molecule has 0 aromatic rings. The summed E-state index contributed by atoms with van der Waals surface area (Å²) in [6.45, 7) is 3.46. The second-order valence-electron chi connectivity index (χ2n) is 5.82. The molecule has 0 aromatic heterocycles. The monoisotopic (exact) mass is 267 g/mol. The topological polar surface area (TPSA) is 12.0 Å². The molecule has 0 aromatic carbocycles. The number of allylic oxidation sites excluding steroid dienone is 1. The van der Waals surface area contributed by atoms with Crippen molar-refractivity contribution < 1.29 is 0 Å². The van der Waals surface area contributed by atoms with Crippen LogP contribution in [0.2, 0.25) is 0 Å². The number of hydrogen-bond acceptors (Lipinski definition) is 2. The molecule has 1 heterocycles. The van der Waals surface area contributed by atoms with Crippen molar-refractivity contribution in [3.8, 4) is 0 Å². The lowest BCUT2D eigenvalue weighted by Gasteiger charge is -2.30. The second-order valence-corrected chi connectivity index (χ2v) is 7.05. The van der Waals surface area contributed by atoms with Crippen molar-refractivity contribution in [1.29, 1.82) is 0 Å². The van der Waals surface area contributed by atoms with Crippen molar-refractivity contribution in [2.24, 2.45) is 5.92 Å². The molecule has 1 fully saturated rings.